The molecule has 19 heavy (non-hydrogen) atoms. The number of benzene rings is 2. The molecule has 0 aliphatic carbocycles. The summed E-state index contributed by atoms with van der Waals surface area (Å²) in [5.41, 5.74) is 1.97. The molecule has 0 saturated heterocycles. The molecule has 0 unspecified atom stereocenters. The van der Waals surface area contributed by atoms with Crippen LogP contribution in [0.5, 0.6) is 0 Å². The van der Waals surface area contributed by atoms with Crippen LogP contribution in [0, 0.1) is 17.1 Å². The van der Waals surface area contributed by atoms with Gasteiger partial charge in [-0.2, -0.15) is 5.26 Å². The Labute approximate surface area is 116 Å². The van der Waals surface area contributed by atoms with Crippen molar-refractivity contribution in [2.24, 2.45) is 0 Å². The molecule has 0 bridgehead atoms. The molecule has 2 aromatic rings. The lowest BCUT2D eigenvalue weighted by Gasteiger charge is -2.20. The van der Waals surface area contributed by atoms with E-state index in [-0.39, 0.29) is 5.82 Å². The lowest BCUT2D eigenvalue weighted by Crippen LogP contribution is -2.17. The van der Waals surface area contributed by atoms with Crippen LogP contribution in [0.15, 0.2) is 42.5 Å². The first-order chi connectivity index (χ1) is 9.11. The van der Waals surface area contributed by atoms with Crippen molar-refractivity contribution < 1.29 is 4.39 Å². The molecule has 0 aliphatic rings. The van der Waals surface area contributed by atoms with Gasteiger partial charge in [0.1, 0.15) is 5.82 Å². The average molecular weight is 275 g/mol. The van der Waals surface area contributed by atoms with Crippen molar-refractivity contribution in [3.05, 3.63) is 64.4 Å². The van der Waals surface area contributed by atoms with E-state index in [9.17, 15) is 4.39 Å². The van der Waals surface area contributed by atoms with Crippen LogP contribution in [0.1, 0.15) is 11.1 Å². The molecule has 96 valence electrons. The molecule has 0 saturated carbocycles. The summed E-state index contributed by atoms with van der Waals surface area (Å²) >= 11 is 6.00. The van der Waals surface area contributed by atoms with Gasteiger partial charge in [-0.15, -0.1) is 0 Å². The van der Waals surface area contributed by atoms with Gasteiger partial charge in [0.15, 0.2) is 0 Å². The molecule has 0 aliphatic heterocycles. The van der Waals surface area contributed by atoms with Gasteiger partial charge in [0.05, 0.1) is 11.6 Å². The van der Waals surface area contributed by atoms with E-state index in [1.165, 1.54) is 6.07 Å². The molecule has 0 atom stereocenters. The van der Waals surface area contributed by atoms with Crippen LogP contribution in [-0.4, -0.2) is 7.05 Å². The summed E-state index contributed by atoms with van der Waals surface area (Å²) in [6.45, 7) is 0.372. The van der Waals surface area contributed by atoms with E-state index in [1.54, 1.807) is 24.3 Å². The second-order valence-corrected chi connectivity index (χ2v) is 4.62. The van der Waals surface area contributed by atoms with Crippen molar-refractivity contribution in [1.82, 2.24) is 0 Å². The van der Waals surface area contributed by atoms with E-state index in [4.69, 9.17) is 16.9 Å². The maximum Gasteiger partial charge on any atom is 0.129 e. The topological polar surface area (TPSA) is 27.0 Å². The zero-order valence-corrected chi connectivity index (χ0v) is 11.2. The van der Waals surface area contributed by atoms with Gasteiger partial charge in [-0.3, -0.25) is 0 Å². The molecule has 0 heterocycles. The minimum absolute atomic E-state index is 0.312. The summed E-state index contributed by atoms with van der Waals surface area (Å²) in [6.07, 6.45) is 0. The molecule has 2 rings (SSSR count). The van der Waals surface area contributed by atoms with E-state index in [1.807, 2.05) is 24.1 Å². The van der Waals surface area contributed by atoms with Gasteiger partial charge in [-0.1, -0.05) is 17.7 Å². The maximum absolute atomic E-state index is 13.7. The smallest absolute Gasteiger partial charge is 0.129 e. The van der Waals surface area contributed by atoms with E-state index in [0.717, 1.165) is 5.69 Å². The minimum Gasteiger partial charge on any atom is -0.370 e. The molecule has 2 nitrogen and oxygen atoms in total. The average Bonchev–Trinajstić information content (AvgIpc) is 2.43. The summed E-state index contributed by atoms with van der Waals surface area (Å²) in [5.74, 6) is -0.312. The quantitative estimate of drug-likeness (QED) is 0.846. The predicted octanol–water partition coefficient (Wildman–Crippen LogP) is 3.99. The highest BCUT2D eigenvalue weighted by atomic mass is 35.5. The van der Waals surface area contributed by atoms with Gasteiger partial charge in [0.2, 0.25) is 0 Å². The molecule has 0 fully saturated rings. The summed E-state index contributed by atoms with van der Waals surface area (Å²) in [7, 11) is 1.85. The number of halogens is 2. The molecule has 2 aromatic carbocycles. The Kier molecular flexibility index (Phi) is 4.03. The number of rotatable bonds is 3. The summed E-state index contributed by atoms with van der Waals surface area (Å²) in [6, 6.07) is 13.8. The number of hydrogen-bond acceptors (Lipinski definition) is 2. The third-order valence-corrected chi connectivity index (χ3v) is 3.25. The van der Waals surface area contributed by atoms with Crippen LogP contribution >= 0.6 is 11.6 Å². The van der Waals surface area contributed by atoms with E-state index in [2.05, 4.69) is 6.07 Å². The lowest BCUT2D eigenvalue weighted by atomic mass is 10.1. The Hall–Kier alpha value is -2.05. The predicted molar refractivity (Wildman–Crippen MR) is 74.7 cm³/mol. The monoisotopic (exact) mass is 274 g/mol. The van der Waals surface area contributed by atoms with Crippen molar-refractivity contribution in [2.75, 3.05) is 11.9 Å². The Morgan fingerprint density at radius 2 is 1.89 bits per heavy atom. The van der Waals surface area contributed by atoms with Gasteiger partial charge in [-0.25, -0.2) is 4.39 Å². The molecular weight excluding hydrogens is 263 g/mol. The Morgan fingerprint density at radius 1 is 1.21 bits per heavy atom. The number of hydrogen-bond donors (Lipinski definition) is 0. The third-order valence-electron chi connectivity index (χ3n) is 2.89. The van der Waals surface area contributed by atoms with Crippen LogP contribution in [-0.2, 0) is 6.54 Å². The van der Waals surface area contributed by atoms with Crippen LogP contribution < -0.4 is 4.90 Å². The van der Waals surface area contributed by atoms with E-state index < -0.39 is 0 Å². The SMILES string of the molecule is CN(Cc1c(F)cccc1Cl)c1ccc(C#N)cc1. The maximum atomic E-state index is 13.7. The van der Waals surface area contributed by atoms with Crippen molar-refractivity contribution >= 4 is 17.3 Å². The van der Waals surface area contributed by atoms with E-state index in [0.29, 0.717) is 22.7 Å². The summed E-state index contributed by atoms with van der Waals surface area (Å²) in [5, 5.41) is 9.16. The van der Waals surface area contributed by atoms with Crippen molar-refractivity contribution in [3.63, 3.8) is 0 Å². The fourth-order valence-corrected chi connectivity index (χ4v) is 2.03. The van der Waals surface area contributed by atoms with E-state index >= 15 is 0 Å². The molecule has 4 heteroatoms. The number of anilines is 1. The molecule has 0 N–H and O–H groups in total. The lowest BCUT2D eigenvalue weighted by molar-refractivity contribution is 0.608. The van der Waals surface area contributed by atoms with Gasteiger partial charge in [0, 0.05) is 29.9 Å². The zero-order chi connectivity index (χ0) is 13.8. The minimum atomic E-state index is -0.312. The van der Waals surface area contributed by atoms with Gasteiger partial charge >= 0.3 is 0 Å². The van der Waals surface area contributed by atoms with Crippen LogP contribution in [0.4, 0.5) is 10.1 Å². The first-order valence-corrected chi connectivity index (χ1v) is 6.14. The summed E-state index contributed by atoms with van der Waals surface area (Å²) in [4.78, 5) is 1.88. The largest absolute Gasteiger partial charge is 0.370 e. The van der Waals surface area contributed by atoms with Gasteiger partial charge in [-0.05, 0) is 36.4 Å². The highest BCUT2D eigenvalue weighted by Gasteiger charge is 2.10. The second-order valence-electron chi connectivity index (χ2n) is 4.21. The highest BCUT2D eigenvalue weighted by Crippen LogP contribution is 2.23. The van der Waals surface area contributed by atoms with Gasteiger partial charge in [0.25, 0.3) is 0 Å². The first-order valence-electron chi connectivity index (χ1n) is 5.76. The Balaban J connectivity index is 2.21. The third kappa shape index (κ3) is 3.04. The van der Waals surface area contributed by atoms with Crippen molar-refractivity contribution in [3.8, 4) is 6.07 Å². The van der Waals surface area contributed by atoms with Crippen LogP contribution in [0.2, 0.25) is 5.02 Å². The standard InChI is InChI=1S/C15H12ClFN2/c1-19(12-7-5-11(9-18)6-8-12)10-13-14(16)3-2-4-15(13)17/h2-8H,10H2,1H3. The van der Waals surface area contributed by atoms with Crippen LogP contribution in [0.25, 0.3) is 0 Å². The van der Waals surface area contributed by atoms with Crippen molar-refractivity contribution in [2.45, 2.75) is 6.54 Å². The van der Waals surface area contributed by atoms with Crippen molar-refractivity contribution in [1.29, 1.82) is 5.26 Å². The molecule has 0 radical (unpaired) electrons. The number of nitriles is 1. The number of nitrogens with zero attached hydrogens (tertiary/aromatic N) is 2. The fraction of sp³-hybridized carbons (Fsp3) is 0.133. The second kappa shape index (κ2) is 5.73. The molecular formula is C15H12ClFN2. The Morgan fingerprint density at radius 3 is 2.47 bits per heavy atom. The summed E-state index contributed by atoms with van der Waals surface area (Å²) < 4.78 is 13.7. The first kappa shape index (κ1) is 13.4. The molecule has 0 aromatic heterocycles. The molecule has 0 spiro atoms. The fourth-order valence-electron chi connectivity index (χ4n) is 1.80. The van der Waals surface area contributed by atoms with Crippen LogP contribution in [0.3, 0.4) is 0 Å². The normalized spacial score (nSPS) is 10.0. The van der Waals surface area contributed by atoms with Gasteiger partial charge < -0.3 is 4.90 Å². The molecule has 0 amide bonds. The zero-order valence-electron chi connectivity index (χ0n) is 10.4. The highest BCUT2D eigenvalue weighted by molar-refractivity contribution is 6.31. The Bertz CT molecular complexity index is 597.